The topological polar surface area (TPSA) is 69.0 Å². The van der Waals surface area contributed by atoms with Gasteiger partial charge in [0.25, 0.3) is 5.91 Å². The number of aryl methyl sites for hydroxylation is 3. The van der Waals surface area contributed by atoms with Crippen molar-refractivity contribution in [3.05, 3.63) is 23.0 Å². The van der Waals surface area contributed by atoms with Crippen molar-refractivity contribution in [2.45, 2.75) is 20.3 Å². The highest BCUT2D eigenvalue weighted by Gasteiger charge is 2.20. The lowest BCUT2D eigenvalue weighted by atomic mass is 10.1. The molecular weight excluding hydrogens is 268 g/mol. The molecule has 6 nitrogen and oxygen atoms in total. The van der Waals surface area contributed by atoms with Crippen molar-refractivity contribution in [3.63, 3.8) is 0 Å². The van der Waals surface area contributed by atoms with Crippen molar-refractivity contribution in [3.8, 4) is 0 Å². The number of nitrogens with zero attached hydrogens (tertiary/aromatic N) is 3. The Kier molecular flexibility index (Phi) is 3.63. The van der Waals surface area contributed by atoms with Crippen LogP contribution in [0.1, 0.15) is 28.2 Å². The third kappa shape index (κ3) is 2.63. The number of hydrogen-bond donors (Lipinski definition) is 1. The largest absolute Gasteiger partial charge is 0.381 e. The van der Waals surface area contributed by atoms with Crippen LogP contribution in [-0.4, -0.2) is 40.4 Å². The fourth-order valence-electron chi connectivity index (χ4n) is 2.83. The minimum Gasteiger partial charge on any atom is -0.381 e. The summed E-state index contributed by atoms with van der Waals surface area (Å²) < 4.78 is 7.05. The third-order valence-corrected chi connectivity index (χ3v) is 3.92. The van der Waals surface area contributed by atoms with Crippen LogP contribution in [0.2, 0.25) is 0 Å². The summed E-state index contributed by atoms with van der Waals surface area (Å²) in [6.07, 6.45) is 1.01. The van der Waals surface area contributed by atoms with Gasteiger partial charge in [0, 0.05) is 31.8 Å². The summed E-state index contributed by atoms with van der Waals surface area (Å²) in [6, 6.07) is 1.83. The summed E-state index contributed by atoms with van der Waals surface area (Å²) in [5.41, 5.74) is 3.05. The molecule has 0 radical (unpaired) electrons. The zero-order valence-corrected chi connectivity index (χ0v) is 12.6. The van der Waals surface area contributed by atoms with Gasteiger partial charge in [0.1, 0.15) is 0 Å². The number of hydrogen-bond acceptors (Lipinski definition) is 4. The number of carbonyl (C=O) groups is 1. The molecule has 1 fully saturated rings. The second kappa shape index (κ2) is 5.44. The van der Waals surface area contributed by atoms with E-state index in [1.54, 1.807) is 4.68 Å². The van der Waals surface area contributed by atoms with Crippen LogP contribution in [0.5, 0.6) is 0 Å². The van der Waals surface area contributed by atoms with E-state index in [0.29, 0.717) is 18.0 Å². The number of carbonyl (C=O) groups excluding carboxylic acids is 1. The molecule has 0 spiro atoms. The first kappa shape index (κ1) is 14.0. The lowest BCUT2D eigenvalue weighted by Crippen LogP contribution is -2.29. The summed E-state index contributed by atoms with van der Waals surface area (Å²) in [5, 5.41) is 8.22. The first-order valence-electron chi connectivity index (χ1n) is 7.23. The van der Waals surface area contributed by atoms with Crippen molar-refractivity contribution in [2.75, 3.05) is 19.8 Å². The zero-order valence-electron chi connectivity index (χ0n) is 12.6. The molecule has 2 aromatic rings. The maximum absolute atomic E-state index is 12.5. The summed E-state index contributed by atoms with van der Waals surface area (Å²) in [5.74, 6) is 0.357. The molecule has 0 aliphatic carbocycles. The number of ether oxygens (including phenoxy) is 1. The quantitative estimate of drug-likeness (QED) is 0.925. The number of nitrogens with one attached hydrogen (secondary N) is 1. The molecule has 1 N–H and O–H groups in total. The molecule has 112 valence electrons. The molecule has 1 aliphatic rings. The van der Waals surface area contributed by atoms with Gasteiger partial charge >= 0.3 is 0 Å². The Hall–Kier alpha value is -1.95. The Morgan fingerprint density at radius 1 is 1.52 bits per heavy atom. The SMILES string of the molecule is Cc1cc(C(=O)NC[C@H]2CCOC2)c2c(C)nn(C)c2n1. The maximum atomic E-state index is 12.5. The van der Waals surface area contributed by atoms with Gasteiger partial charge < -0.3 is 10.1 Å². The van der Waals surface area contributed by atoms with E-state index in [2.05, 4.69) is 15.4 Å². The van der Waals surface area contributed by atoms with Gasteiger partial charge in [-0.25, -0.2) is 4.98 Å². The third-order valence-electron chi connectivity index (χ3n) is 3.92. The fourth-order valence-corrected chi connectivity index (χ4v) is 2.83. The average molecular weight is 288 g/mol. The molecule has 2 aromatic heterocycles. The van der Waals surface area contributed by atoms with Gasteiger partial charge in [-0.2, -0.15) is 5.10 Å². The molecule has 6 heteroatoms. The normalized spacial score (nSPS) is 18.3. The fraction of sp³-hybridized carbons (Fsp3) is 0.533. The van der Waals surface area contributed by atoms with Crippen LogP contribution >= 0.6 is 0 Å². The van der Waals surface area contributed by atoms with Crippen LogP contribution in [0, 0.1) is 19.8 Å². The highest BCUT2D eigenvalue weighted by molar-refractivity contribution is 6.06. The van der Waals surface area contributed by atoms with Crippen molar-refractivity contribution < 1.29 is 9.53 Å². The average Bonchev–Trinajstić information content (AvgIpc) is 3.05. The van der Waals surface area contributed by atoms with E-state index < -0.39 is 0 Å². The first-order valence-corrected chi connectivity index (χ1v) is 7.23. The number of rotatable bonds is 3. The molecule has 0 saturated carbocycles. The zero-order chi connectivity index (χ0) is 15.0. The van der Waals surface area contributed by atoms with Crippen LogP contribution < -0.4 is 5.32 Å². The summed E-state index contributed by atoms with van der Waals surface area (Å²) in [6.45, 7) is 5.98. The molecule has 3 rings (SSSR count). The standard InChI is InChI=1S/C15H20N4O2/c1-9-6-12(13-10(2)18-19(3)14(13)17-9)15(20)16-7-11-4-5-21-8-11/h6,11H,4-5,7-8H2,1-3H3,(H,16,20)/t11-/m1/s1. The summed E-state index contributed by atoms with van der Waals surface area (Å²) >= 11 is 0. The van der Waals surface area contributed by atoms with E-state index in [1.165, 1.54) is 0 Å². The first-order chi connectivity index (χ1) is 10.1. The molecule has 3 heterocycles. The van der Waals surface area contributed by atoms with Gasteiger partial charge in [-0.1, -0.05) is 0 Å². The Bertz CT molecular complexity index is 687. The van der Waals surface area contributed by atoms with E-state index in [9.17, 15) is 4.79 Å². The van der Waals surface area contributed by atoms with Gasteiger partial charge in [0.2, 0.25) is 0 Å². The predicted molar refractivity (Wildman–Crippen MR) is 79.2 cm³/mol. The Morgan fingerprint density at radius 3 is 3.05 bits per heavy atom. The molecular formula is C15H20N4O2. The summed E-state index contributed by atoms with van der Waals surface area (Å²) in [4.78, 5) is 17.0. The van der Waals surface area contributed by atoms with Crippen LogP contribution in [-0.2, 0) is 11.8 Å². The van der Waals surface area contributed by atoms with E-state index in [4.69, 9.17) is 4.74 Å². The molecule has 1 atom stereocenters. The number of aromatic nitrogens is 3. The van der Waals surface area contributed by atoms with Gasteiger partial charge in [-0.05, 0) is 26.3 Å². The van der Waals surface area contributed by atoms with Gasteiger partial charge in [0.05, 0.1) is 23.3 Å². The number of fused-ring (bicyclic) bond motifs is 1. The van der Waals surface area contributed by atoms with E-state index in [0.717, 1.165) is 42.1 Å². The second-order valence-corrected chi connectivity index (χ2v) is 5.66. The van der Waals surface area contributed by atoms with E-state index >= 15 is 0 Å². The molecule has 0 unspecified atom stereocenters. The Labute approximate surface area is 123 Å². The van der Waals surface area contributed by atoms with E-state index in [-0.39, 0.29) is 5.91 Å². The van der Waals surface area contributed by atoms with E-state index in [1.807, 2.05) is 27.0 Å². The van der Waals surface area contributed by atoms with Crippen molar-refractivity contribution in [2.24, 2.45) is 13.0 Å². The molecule has 1 aliphatic heterocycles. The minimum atomic E-state index is -0.0616. The molecule has 0 aromatic carbocycles. The minimum absolute atomic E-state index is 0.0616. The highest BCUT2D eigenvalue weighted by Crippen LogP contribution is 2.21. The molecule has 21 heavy (non-hydrogen) atoms. The van der Waals surface area contributed by atoms with Gasteiger partial charge in [-0.15, -0.1) is 0 Å². The monoisotopic (exact) mass is 288 g/mol. The van der Waals surface area contributed by atoms with Crippen molar-refractivity contribution >= 4 is 16.9 Å². The van der Waals surface area contributed by atoms with Gasteiger partial charge in [-0.3, -0.25) is 9.48 Å². The lowest BCUT2D eigenvalue weighted by molar-refractivity contribution is 0.0946. The van der Waals surface area contributed by atoms with Crippen LogP contribution in [0.4, 0.5) is 0 Å². The smallest absolute Gasteiger partial charge is 0.252 e. The summed E-state index contributed by atoms with van der Waals surface area (Å²) in [7, 11) is 1.85. The Balaban J connectivity index is 1.89. The molecule has 1 amide bonds. The number of pyridine rings is 1. The highest BCUT2D eigenvalue weighted by atomic mass is 16.5. The lowest BCUT2D eigenvalue weighted by Gasteiger charge is -2.11. The van der Waals surface area contributed by atoms with Crippen molar-refractivity contribution in [1.29, 1.82) is 0 Å². The maximum Gasteiger partial charge on any atom is 0.252 e. The number of amides is 1. The molecule has 0 bridgehead atoms. The van der Waals surface area contributed by atoms with Crippen LogP contribution in [0.15, 0.2) is 6.07 Å². The second-order valence-electron chi connectivity index (χ2n) is 5.66. The van der Waals surface area contributed by atoms with Gasteiger partial charge in [0.15, 0.2) is 5.65 Å². The molecule has 1 saturated heterocycles. The van der Waals surface area contributed by atoms with Crippen molar-refractivity contribution in [1.82, 2.24) is 20.1 Å². The Morgan fingerprint density at radius 2 is 2.33 bits per heavy atom. The predicted octanol–water partition coefficient (Wildman–Crippen LogP) is 1.35. The van der Waals surface area contributed by atoms with Crippen LogP contribution in [0.3, 0.4) is 0 Å². The van der Waals surface area contributed by atoms with Crippen LogP contribution in [0.25, 0.3) is 11.0 Å².